The van der Waals surface area contributed by atoms with Gasteiger partial charge in [0.15, 0.2) is 17.8 Å². The Kier molecular flexibility index (Phi) is 3.57. The van der Waals surface area contributed by atoms with Gasteiger partial charge in [-0.05, 0) is 11.6 Å². The number of phenolic OH excluding ortho intramolecular Hbond substituents is 1. The maximum atomic E-state index is 13.3. The highest BCUT2D eigenvalue weighted by Crippen LogP contribution is 2.29. The van der Waals surface area contributed by atoms with Gasteiger partial charge in [0.2, 0.25) is 0 Å². The summed E-state index contributed by atoms with van der Waals surface area (Å²) in [5.74, 6) is -0.956. The Morgan fingerprint density at radius 1 is 1.22 bits per heavy atom. The summed E-state index contributed by atoms with van der Waals surface area (Å²) in [5.41, 5.74) is 0.705. The fraction of sp³-hybridized carbons (Fsp3) is 0.0714. The van der Waals surface area contributed by atoms with Gasteiger partial charge in [-0.25, -0.2) is 4.39 Å². The molecule has 0 saturated heterocycles. The summed E-state index contributed by atoms with van der Waals surface area (Å²) in [6.45, 7) is 0.217. The van der Waals surface area contributed by atoms with Crippen LogP contribution in [0.5, 0.6) is 11.5 Å². The van der Waals surface area contributed by atoms with Crippen LogP contribution in [0.25, 0.3) is 0 Å². The third-order valence-corrected chi connectivity index (χ3v) is 2.44. The van der Waals surface area contributed by atoms with E-state index in [1.807, 2.05) is 30.3 Å². The molecule has 0 heterocycles. The molecule has 2 aromatic carbocycles. The van der Waals surface area contributed by atoms with Gasteiger partial charge >= 0.3 is 0 Å². The number of halogens is 1. The SMILES string of the molecule is O=Cc1cc(O)c(OCc2ccccc2)cc1F. The lowest BCUT2D eigenvalue weighted by molar-refractivity contribution is 0.111. The van der Waals surface area contributed by atoms with Crippen LogP contribution in [-0.2, 0) is 6.61 Å². The number of aldehydes is 1. The zero-order valence-electron chi connectivity index (χ0n) is 9.47. The van der Waals surface area contributed by atoms with Crippen molar-refractivity contribution in [2.45, 2.75) is 6.61 Å². The van der Waals surface area contributed by atoms with Crippen molar-refractivity contribution in [3.05, 3.63) is 59.4 Å². The van der Waals surface area contributed by atoms with Gasteiger partial charge < -0.3 is 9.84 Å². The molecule has 0 fully saturated rings. The molecule has 0 aromatic heterocycles. The molecule has 0 unspecified atom stereocenters. The lowest BCUT2D eigenvalue weighted by Gasteiger charge is -2.09. The van der Waals surface area contributed by atoms with E-state index in [2.05, 4.69) is 0 Å². The summed E-state index contributed by atoms with van der Waals surface area (Å²) in [6, 6.07) is 11.3. The molecule has 1 N–H and O–H groups in total. The molecular formula is C14H11FO3. The maximum absolute atomic E-state index is 13.3. The zero-order valence-corrected chi connectivity index (χ0v) is 9.47. The fourth-order valence-corrected chi connectivity index (χ4v) is 1.50. The molecule has 0 aliphatic rings. The molecule has 0 aliphatic heterocycles. The molecule has 0 atom stereocenters. The van der Waals surface area contributed by atoms with E-state index < -0.39 is 5.82 Å². The van der Waals surface area contributed by atoms with Crippen LogP contribution in [0.2, 0.25) is 0 Å². The smallest absolute Gasteiger partial charge is 0.164 e. The molecule has 92 valence electrons. The third-order valence-electron chi connectivity index (χ3n) is 2.44. The Morgan fingerprint density at radius 2 is 1.94 bits per heavy atom. The molecule has 2 rings (SSSR count). The average Bonchev–Trinajstić information content (AvgIpc) is 2.40. The largest absolute Gasteiger partial charge is 0.504 e. The lowest BCUT2D eigenvalue weighted by atomic mass is 10.2. The Labute approximate surface area is 103 Å². The highest BCUT2D eigenvalue weighted by Gasteiger charge is 2.09. The number of carbonyl (C=O) groups is 1. The second-order valence-corrected chi connectivity index (χ2v) is 3.73. The summed E-state index contributed by atoms with van der Waals surface area (Å²) in [7, 11) is 0. The van der Waals surface area contributed by atoms with Gasteiger partial charge in [0.25, 0.3) is 0 Å². The van der Waals surface area contributed by atoms with Gasteiger partial charge in [-0.1, -0.05) is 30.3 Å². The van der Waals surface area contributed by atoms with Crippen LogP contribution < -0.4 is 4.74 Å². The van der Waals surface area contributed by atoms with Crippen molar-refractivity contribution in [2.24, 2.45) is 0 Å². The number of hydrogen-bond acceptors (Lipinski definition) is 3. The molecule has 2 aromatic rings. The Balaban J connectivity index is 2.15. The first-order chi connectivity index (χ1) is 8.70. The molecular weight excluding hydrogens is 235 g/mol. The number of aromatic hydroxyl groups is 1. The quantitative estimate of drug-likeness (QED) is 0.844. The van der Waals surface area contributed by atoms with Gasteiger partial charge in [0.1, 0.15) is 12.4 Å². The minimum Gasteiger partial charge on any atom is -0.504 e. The molecule has 18 heavy (non-hydrogen) atoms. The number of ether oxygens (including phenoxy) is 1. The van der Waals surface area contributed by atoms with Crippen molar-refractivity contribution in [1.29, 1.82) is 0 Å². The van der Waals surface area contributed by atoms with Gasteiger partial charge in [-0.15, -0.1) is 0 Å². The first-order valence-electron chi connectivity index (χ1n) is 5.35. The van der Waals surface area contributed by atoms with Crippen molar-refractivity contribution < 1.29 is 19.0 Å². The molecule has 0 spiro atoms. The van der Waals surface area contributed by atoms with E-state index in [0.717, 1.165) is 17.7 Å². The normalized spacial score (nSPS) is 10.1. The van der Waals surface area contributed by atoms with Crippen LogP contribution in [0.15, 0.2) is 42.5 Å². The summed E-state index contributed by atoms with van der Waals surface area (Å²) >= 11 is 0. The summed E-state index contributed by atoms with van der Waals surface area (Å²) < 4.78 is 18.6. The number of benzene rings is 2. The molecule has 3 nitrogen and oxygen atoms in total. The predicted octanol–water partition coefficient (Wildman–Crippen LogP) is 2.92. The first-order valence-corrected chi connectivity index (χ1v) is 5.35. The van der Waals surface area contributed by atoms with E-state index >= 15 is 0 Å². The van der Waals surface area contributed by atoms with Crippen LogP contribution in [0.4, 0.5) is 4.39 Å². The summed E-state index contributed by atoms with van der Waals surface area (Å²) in [5, 5.41) is 9.57. The van der Waals surface area contributed by atoms with Crippen molar-refractivity contribution in [3.63, 3.8) is 0 Å². The monoisotopic (exact) mass is 246 g/mol. The Morgan fingerprint density at radius 3 is 2.61 bits per heavy atom. The summed E-state index contributed by atoms with van der Waals surface area (Å²) in [6.07, 6.45) is 0.343. The standard InChI is InChI=1S/C14H11FO3/c15-12-7-14(13(17)6-11(12)8-16)18-9-10-4-2-1-3-5-10/h1-8,17H,9H2. The predicted molar refractivity (Wildman–Crippen MR) is 64.2 cm³/mol. The highest BCUT2D eigenvalue weighted by atomic mass is 19.1. The topological polar surface area (TPSA) is 46.5 Å². The van der Waals surface area contributed by atoms with Crippen LogP contribution >= 0.6 is 0 Å². The third kappa shape index (κ3) is 2.66. The van der Waals surface area contributed by atoms with Crippen LogP contribution in [0.3, 0.4) is 0 Å². The van der Waals surface area contributed by atoms with Crippen molar-refractivity contribution in [3.8, 4) is 11.5 Å². The minimum absolute atomic E-state index is 0.0157. The Hall–Kier alpha value is -2.36. The maximum Gasteiger partial charge on any atom is 0.164 e. The molecule has 0 amide bonds. The number of phenols is 1. The molecule has 0 saturated carbocycles. The molecule has 0 aliphatic carbocycles. The van der Waals surface area contributed by atoms with E-state index in [0.29, 0.717) is 6.29 Å². The summed E-state index contributed by atoms with van der Waals surface area (Å²) in [4.78, 5) is 10.5. The van der Waals surface area contributed by atoms with Crippen LogP contribution in [-0.4, -0.2) is 11.4 Å². The average molecular weight is 246 g/mol. The van der Waals surface area contributed by atoms with Gasteiger partial charge in [0.05, 0.1) is 5.56 Å². The second kappa shape index (κ2) is 5.31. The van der Waals surface area contributed by atoms with Gasteiger partial charge in [0, 0.05) is 6.07 Å². The molecule has 0 radical (unpaired) electrons. The van der Waals surface area contributed by atoms with Crippen molar-refractivity contribution in [2.75, 3.05) is 0 Å². The zero-order chi connectivity index (χ0) is 13.0. The second-order valence-electron chi connectivity index (χ2n) is 3.73. The van der Waals surface area contributed by atoms with E-state index in [9.17, 15) is 14.3 Å². The lowest BCUT2D eigenvalue weighted by Crippen LogP contribution is -1.97. The molecule has 4 heteroatoms. The van der Waals surface area contributed by atoms with Crippen molar-refractivity contribution in [1.82, 2.24) is 0 Å². The van der Waals surface area contributed by atoms with E-state index in [1.54, 1.807) is 0 Å². The van der Waals surface area contributed by atoms with E-state index in [-0.39, 0.29) is 23.7 Å². The first kappa shape index (κ1) is 12.1. The number of hydrogen-bond donors (Lipinski definition) is 1. The van der Waals surface area contributed by atoms with Crippen LogP contribution in [0.1, 0.15) is 15.9 Å². The van der Waals surface area contributed by atoms with E-state index in [4.69, 9.17) is 4.74 Å². The molecule has 0 bridgehead atoms. The van der Waals surface area contributed by atoms with Crippen LogP contribution in [0, 0.1) is 5.82 Å². The van der Waals surface area contributed by atoms with Crippen molar-refractivity contribution >= 4 is 6.29 Å². The fourth-order valence-electron chi connectivity index (χ4n) is 1.50. The van der Waals surface area contributed by atoms with Gasteiger partial charge in [-0.3, -0.25) is 4.79 Å². The van der Waals surface area contributed by atoms with E-state index in [1.165, 1.54) is 0 Å². The number of rotatable bonds is 4. The highest BCUT2D eigenvalue weighted by molar-refractivity contribution is 5.76. The Bertz CT molecular complexity index is 552. The minimum atomic E-state index is -0.717. The number of carbonyl (C=O) groups excluding carboxylic acids is 1. The van der Waals surface area contributed by atoms with Gasteiger partial charge in [-0.2, -0.15) is 0 Å².